The van der Waals surface area contributed by atoms with Crippen LogP contribution in [0.2, 0.25) is 0 Å². The van der Waals surface area contributed by atoms with Gasteiger partial charge in [-0.25, -0.2) is 0 Å². The molecule has 9 heteroatoms. The zero-order valence-corrected chi connectivity index (χ0v) is 40.1. The van der Waals surface area contributed by atoms with Gasteiger partial charge < -0.3 is 28.7 Å². The summed E-state index contributed by atoms with van der Waals surface area (Å²) in [6.07, 6.45) is 0. The van der Waals surface area contributed by atoms with E-state index in [1.54, 1.807) is 0 Å². The molecule has 12 aromatic rings. The van der Waals surface area contributed by atoms with Crippen LogP contribution in [-0.4, -0.2) is 20.1 Å². The van der Waals surface area contributed by atoms with E-state index >= 15 is 0 Å². The van der Waals surface area contributed by atoms with Gasteiger partial charge in [0, 0.05) is 50.4 Å². The number of anilines is 6. The lowest BCUT2D eigenvalue weighted by atomic mass is 9.34. The van der Waals surface area contributed by atoms with Crippen molar-refractivity contribution in [1.82, 2.24) is 0 Å². The molecule has 6 aliphatic rings. The van der Waals surface area contributed by atoms with Crippen molar-refractivity contribution in [2.24, 2.45) is 0 Å². The average Bonchev–Trinajstić information content (AvgIpc) is 3.49. The van der Waals surface area contributed by atoms with E-state index in [4.69, 9.17) is 18.9 Å². The molecule has 6 aliphatic heterocycles. The largest absolute Gasteiger partial charge is 0.458 e. The third kappa shape index (κ3) is 5.21. The molecule has 0 saturated heterocycles. The molecule has 344 valence electrons. The molecule has 0 fully saturated rings. The summed E-state index contributed by atoms with van der Waals surface area (Å²) in [4.78, 5) is 4.78. The Labute approximate surface area is 432 Å². The zero-order chi connectivity index (χ0) is 48.6. The van der Waals surface area contributed by atoms with Crippen LogP contribution in [0.3, 0.4) is 0 Å². The third-order valence-corrected chi connectivity index (χ3v) is 16.8. The van der Waals surface area contributed by atoms with Gasteiger partial charge in [-0.2, -0.15) is 0 Å². The molecule has 0 aromatic heterocycles. The molecule has 0 saturated carbocycles. The number of ether oxygens (including phenoxy) is 4. The van der Waals surface area contributed by atoms with E-state index in [-0.39, 0.29) is 20.1 Å². The van der Waals surface area contributed by atoms with Crippen molar-refractivity contribution in [3.05, 3.63) is 224 Å². The Morgan fingerprint density at radius 1 is 0.253 bits per heavy atom. The fourth-order valence-corrected chi connectivity index (χ4v) is 13.9. The first-order valence-corrected chi connectivity index (χ1v) is 25.8. The molecule has 0 unspecified atom stereocenters. The first kappa shape index (κ1) is 40.0. The van der Waals surface area contributed by atoms with Crippen molar-refractivity contribution in [2.75, 3.05) is 9.80 Å². The SMILES string of the molecule is c1ccc(N2c3ccccc3B3c4ccc5c6ccc7c(c6c6cc8c(cc6c5c4Oc4cccc2c43)Oc2cccc3c2B8c2ccccc2O3)Oc2cccc3c2B7c2ccccc2N3c2ccccc2)cc1. The Morgan fingerprint density at radius 2 is 0.667 bits per heavy atom. The van der Waals surface area contributed by atoms with Crippen LogP contribution >= 0.6 is 0 Å². The van der Waals surface area contributed by atoms with E-state index in [9.17, 15) is 0 Å². The average molecular weight is 954 g/mol. The maximum absolute atomic E-state index is 7.52. The second kappa shape index (κ2) is 14.6. The van der Waals surface area contributed by atoms with Crippen molar-refractivity contribution >= 4 is 136 Å². The molecule has 0 atom stereocenters. The van der Waals surface area contributed by atoms with Crippen LogP contribution in [0.1, 0.15) is 0 Å². The minimum Gasteiger partial charge on any atom is -0.458 e. The van der Waals surface area contributed by atoms with Gasteiger partial charge >= 0.3 is 0 Å². The molecule has 0 spiro atoms. The van der Waals surface area contributed by atoms with Gasteiger partial charge in [-0.15, -0.1) is 0 Å². The highest BCUT2D eigenvalue weighted by Gasteiger charge is 2.46. The van der Waals surface area contributed by atoms with Crippen LogP contribution in [0.5, 0.6) is 46.0 Å². The molecule has 18 rings (SSSR count). The lowest BCUT2D eigenvalue weighted by Gasteiger charge is -2.40. The van der Waals surface area contributed by atoms with Gasteiger partial charge in [-0.1, -0.05) is 140 Å². The van der Waals surface area contributed by atoms with Crippen molar-refractivity contribution < 1.29 is 18.9 Å². The predicted octanol–water partition coefficient (Wildman–Crippen LogP) is 10.7. The summed E-state index contributed by atoms with van der Waals surface area (Å²) in [7, 11) is 0. The van der Waals surface area contributed by atoms with Crippen LogP contribution < -0.4 is 77.9 Å². The van der Waals surface area contributed by atoms with E-state index in [2.05, 4.69) is 228 Å². The third-order valence-electron chi connectivity index (χ3n) is 16.8. The van der Waals surface area contributed by atoms with E-state index in [0.29, 0.717) is 0 Å². The molecule has 0 aliphatic carbocycles. The minimum absolute atomic E-state index is 0.0800. The Kier molecular flexibility index (Phi) is 7.75. The zero-order valence-electron chi connectivity index (χ0n) is 40.1. The highest BCUT2D eigenvalue weighted by atomic mass is 16.5. The van der Waals surface area contributed by atoms with Gasteiger partial charge in [0.05, 0.1) is 0 Å². The summed E-state index contributed by atoms with van der Waals surface area (Å²) >= 11 is 0. The maximum Gasteiger partial charge on any atom is 0.260 e. The van der Waals surface area contributed by atoms with Gasteiger partial charge in [0.15, 0.2) is 0 Å². The Balaban J connectivity index is 0.941. The normalized spacial score (nSPS) is 14.2. The topological polar surface area (TPSA) is 43.4 Å². The van der Waals surface area contributed by atoms with Crippen LogP contribution in [0.4, 0.5) is 34.1 Å². The number of hydrogen-bond acceptors (Lipinski definition) is 6. The summed E-state index contributed by atoms with van der Waals surface area (Å²) in [5.41, 5.74) is 17.1. The monoisotopic (exact) mass is 954 g/mol. The molecule has 6 nitrogen and oxygen atoms in total. The number of hydrogen-bond donors (Lipinski definition) is 0. The lowest BCUT2D eigenvalue weighted by Crippen LogP contribution is -2.59. The first-order chi connectivity index (χ1) is 37.2. The standard InChI is InChI=1S/C66H37B3N2O4/c1-3-16-38(17-4-1)70-50-23-10-7-20-44(50)67-47-34-32-40-41-33-35-48-66(75-56-29-14-26-53-63(56)68(48)45-21-8-11-24-51(45)71(53)39-18-5-2-6-19-39)61(41)43-37-59-49(36-42(43)60(40)65(47)74-55-28-13-25-52(70)62(55)67)69-46-22-9-12-27-54(46)72-57-30-15-31-58(73-59)64(57)69/h1-37H. The van der Waals surface area contributed by atoms with Crippen molar-refractivity contribution in [2.45, 2.75) is 0 Å². The highest BCUT2D eigenvalue weighted by molar-refractivity contribution is 7.01. The fourth-order valence-electron chi connectivity index (χ4n) is 13.9. The van der Waals surface area contributed by atoms with E-state index in [1.807, 2.05) is 6.07 Å². The lowest BCUT2D eigenvalue weighted by molar-refractivity contribution is 0.465. The second-order valence-electron chi connectivity index (χ2n) is 20.5. The molecular weight excluding hydrogens is 917 g/mol. The first-order valence-electron chi connectivity index (χ1n) is 25.8. The summed E-state index contributed by atoms with van der Waals surface area (Å²) in [5.74, 6) is 6.75. The predicted molar refractivity (Wildman–Crippen MR) is 308 cm³/mol. The van der Waals surface area contributed by atoms with Gasteiger partial charge in [-0.3, -0.25) is 0 Å². The van der Waals surface area contributed by atoms with Gasteiger partial charge in [0.1, 0.15) is 46.0 Å². The van der Waals surface area contributed by atoms with E-state index in [0.717, 1.165) is 140 Å². The molecule has 12 aromatic carbocycles. The van der Waals surface area contributed by atoms with Crippen molar-refractivity contribution in [3.63, 3.8) is 0 Å². The van der Waals surface area contributed by atoms with Crippen molar-refractivity contribution in [3.8, 4) is 46.0 Å². The Bertz CT molecular complexity index is 4550. The number of nitrogens with zero attached hydrogens (tertiary/aromatic N) is 2. The van der Waals surface area contributed by atoms with E-state index in [1.165, 1.54) is 21.9 Å². The highest BCUT2D eigenvalue weighted by Crippen LogP contribution is 2.50. The Morgan fingerprint density at radius 3 is 1.23 bits per heavy atom. The number of benzene rings is 12. The van der Waals surface area contributed by atoms with Gasteiger partial charge in [-0.05, 0) is 150 Å². The molecular formula is C66H37B3N2O4. The maximum atomic E-state index is 7.52. The van der Waals surface area contributed by atoms with Crippen LogP contribution in [0.25, 0.3) is 32.3 Å². The number of fused-ring (bicyclic) bond motifs is 20. The smallest absolute Gasteiger partial charge is 0.260 e. The summed E-state index contributed by atoms with van der Waals surface area (Å²) in [6, 6.07) is 80.8. The van der Waals surface area contributed by atoms with Crippen LogP contribution in [0.15, 0.2) is 224 Å². The molecule has 0 radical (unpaired) electrons. The summed E-state index contributed by atoms with van der Waals surface area (Å²) < 4.78 is 28.7. The van der Waals surface area contributed by atoms with Crippen molar-refractivity contribution in [1.29, 1.82) is 0 Å². The number of para-hydroxylation sites is 5. The molecule has 0 amide bonds. The summed E-state index contributed by atoms with van der Waals surface area (Å²) in [6.45, 7) is -0.289. The quantitative estimate of drug-likeness (QED) is 0.127. The molecule has 0 N–H and O–H groups in total. The van der Waals surface area contributed by atoms with Gasteiger partial charge in [0.2, 0.25) is 0 Å². The second-order valence-corrected chi connectivity index (χ2v) is 20.5. The molecule has 6 heterocycles. The van der Waals surface area contributed by atoms with Crippen LogP contribution in [0, 0.1) is 0 Å². The molecule has 0 bridgehead atoms. The Hall–Kier alpha value is -9.59. The summed E-state index contributed by atoms with van der Waals surface area (Å²) in [5, 5.41) is 6.42. The van der Waals surface area contributed by atoms with E-state index < -0.39 is 0 Å². The molecule has 75 heavy (non-hydrogen) atoms. The van der Waals surface area contributed by atoms with Crippen LogP contribution in [-0.2, 0) is 0 Å². The minimum atomic E-state index is -0.129. The fraction of sp³-hybridized carbons (Fsp3) is 0. The van der Waals surface area contributed by atoms with Gasteiger partial charge in [0.25, 0.3) is 20.1 Å². The number of rotatable bonds is 2.